The van der Waals surface area contributed by atoms with Crippen molar-refractivity contribution in [2.45, 2.75) is 39.4 Å². The molecule has 1 aliphatic rings. The number of alkyl halides is 3. The number of aliphatic imine (C=N–C) groups is 1. The van der Waals surface area contributed by atoms with Crippen molar-refractivity contribution in [3.63, 3.8) is 0 Å². The fourth-order valence-electron chi connectivity index (χ4n) is 2.97. The number of guanidine groups is 1. The van der Waals surface area contributed by atoms with Crippen molar-refractivity contribution in [2.75, 3.05) is 18.9 Å². The molecule has 0 saturated heterocycles. The summed E-state index contributed by atoms with van der Waals surface area (Å²) in [4.78, 5) is 18.2. The van der Waals surface area contributed by atoms with E-state index in [0.29, 0.717) is 5.69 Å². The average Bonchev–Trinajstić information content (AvgIpc) is 2.56. The zero-order valence-corrected chi connectivity index (χ0v) is 15.9. The van der Waals surface area contributed by atoms with Crippen molar-refractivity contribution < 1.29 is 22.4 Å². The van der Waals surface area contributed by atoms with Crippen LogP contribution in [0.5, 0.6) is 0 Å². The molecule has 1 aliphatic heterocycles. The van der Waals surface area contributed by atoms with Crippen molar-refractivity contribution >= 4 is 17.6 Å². The van der Waals surface area contributed by atoms with Crippen LogP contribution in [0.3, 0.4) is 0 Å². The van der Waals surface area contributed by atoms with Crippen molar-refractivity contribution in [3.8, 4) is 0 Å². The molecule has 1 aromatic rings. The minimum atomic E-state index is -4.33. The summed E-state index contributed by atoms with van der Waals surface area (Å²) in [7, 11) is 1.48. The number of benzene rings is 1. The van der Waals surface area contributed by atoms with Gasteiger partial charge in [0.1, 0.15) is 11.4 Å². The van der Waals surface area contributed by atoms with E-state index in [1.54, 1.807) is 20.8 Å². The van der Waals surface area contributed by atoms with E-state index in [4.69, 9.17) is 5.73 Å². The van der Waals surface area contributed by atoms with Crippen LogP contribution < -0.4 is 11.1 Å². The molecule has 150 valence electrons. The summed E-state index contributed by atoms with van der Waals surface area (Å²) in [6.07, 6.45) is -4.33. The lowest BCUT2D eigenvalue weighted by Gasteiger charge is -2.46. The predicted octanol–water partition coefficient (Wildman–Crippen LogP) is 3.46. The first-order valence-electron chi connectivity index (χ1n) is 8.46. The van der Waals surface area contributed by atoms with Crippen LogP contribution in [0, 0.1) is 17.2 Å². The summed E-state index contributed by atoms with van der Waals surface area (Å²) < 4.78 is 52.7. The highest BCUT2D eigenvalue weighted by molar-refractivity contribution is 6.01. The molecule has 1 aromatic carbocycles. The second-order valence-electron chi connectivity index (χ2n) is 7.55. The number of carbonyl (C=O) groups excluding carboxylic acids is 1. The summed E-state index contributed by atoms with van der Waals surface area (Å²) in [6.45, 7) is 5.55. The second kappa shape index (κ2) is 6.69. The van der Waals surface area contributed by atoms with Gasteiger partial charge >= 0.3 is 6.18 Å². The fraction of sp³-hybridized carbons (Fsp3) is 0.556. The van der Waals surface area contributed by atoms with Gasteiger partial charge < -0.3 is 11.1 Å². The van der Waals surface area contributed by atoms with Gasteiger partial charge in [-0.2, -0.15) is 13.2 Å². The van der Waals surface area contributed by atoms with Crippen LogP contribution in [0.2, 0.25) is 0 Å². The Hall–Kier alpha value is -2.32. The van der Waals surface area contributed by atoms with Crippen molar-refractivity contribution in [1.29, 1.82) is 0 Å². The van der Waals surface area contributed by atoms with Crippen LogP contribution in [0.1, 0.15) is 33.3 Å². The first kappa shape index (κ1) is 21.0. The topological polar surface area (TPSA) is 70.7 Å². The molecule has 2 rings (SSSR count). The summed E-state index contributed by atoms with van der Waals surface area (Å²) in [5.41, 5.74) is 3.78. The van der Waals surface area contributed by atoms with Gasteiger partial charge in [-0.15, -0.1) is 0 Å². The number of halogens is 4. The number of carbonyl (C=O) groups is 1. The number of nitrogens with two attached hydrogens (primary N) is 1. The number of anilines is 1. The Kier molecular flexibility index (Phi) is 5.20. The zero-order valence-electron chi connectivity index (χ0n) is 15.9. The van der Waals surface area contributed by atoms with Gasteiger partial charge in [0, 0.05) is 24.8 Å². The molecule has 3 N–H and O–H groups in total. The number of hydrogen-bond donors (Lipinski definition) is 2. The van der Waals surface area contributed by atoms with E-state index in [2.05, 4.69) is 10.3 Å². The van der Waals surface area contributed by atoms with E-state index in [1.807, 2.05) is 0 Å². The Bertz CT molecular complexity index is 775. The van der Waals surface area contributed by atoms with E-state index >= 15 is 0 Å². The summed E-state index contributed by atoms with van der Waals surface area (Å²) in [6, 6.07) is 3.88. The molecule has 0 aromatic heterocycles. The summed E-state index contributed by atoms with van der Waals surface area (Å²) >= 11 is 0. The van der Waals surface area contributed by atoms with E-state index in [1.165, 1.54) is 24.1 Å². The SMILES string of the molecule is CC(CNc1ccc(F)c(C2(C)N=C(N)N(C)C(=O)C2(C)C)c1)C(F)(F)F. The molecule has 2 unspecified atom stereocenters. The van der Waals surface area contributed by atoms with Gasteiger partial charge in [-0.1, -0.05) is 6.92 Å². The van der Waals surface area contributed by atoms with E-state index < -0.39 is 28.9 Å². The molecule has 0 spiro atoms. The van der Waals surface area contributed by atoms with E-state index in [0.717, 1.165) is 13.0 Å². The standard InChI is InChI=1S/C18H24F4N4O/c1-10(18(20,21)22)9-24-11-6-7-13(19)12(8-11)17(4)16(2,3)14(27)26(5)15(23)25-17/h6-8,10,24H,9H2,1-5H3,(H2,23,25). The molecule has 2 atom stereocenters. The first-order valence-corrected chi connectivity index (χ1v) is 8.46. The Morgan fingerprint density at radius 2 is 1.89 bits per heavy atom. The Balaban J connectivity index is 2.45. The Morgan fingerprint density at radius 3 is 2.44 bits per heavy atom. The third-order valence-corrected chi connectivity index (χ3v) is 5.40. The van der Waals surface area contributed by atoms with Crippen molar-refractivity contribution in [1.82, 2.24) is 4.90 Å². The van der Waals surface area contributed by atoms with Gasteiger partial charge in [-0.05, 0) is 39.0 Å². The summed E-state index contributed by atoms with van der Waals surface area (Å²) in [5, 5.41) is 2.67. The van der Waals surface area contributed by atoms with Crippen LogP contribution in [-0.4, -0.2) is 36.5 Å². The zero-order chi connectivity index (χ0) is 20.8. The highest BCUT2D eigenvalue weighted by atomic mass is 19.4. The second-order valence-corrected chi connectivity index (χ2v) is 7.55. The quantitative estimate of drug-likeness (QED) is 0.776. The minimum Gasteiger partial charge on any atom is -0.384 e. The van der Waals surface area contributed by atoms with E-state index in [-0.39, 0.29) is 24.0 Å². The molecule has 0 bridgehead atoms. The molecule has 0 radical (unpaired) electrons. The minimum absolute atomic E-state index is 0.0507. The highest BCUT2D eigenvalue weighted by Crippen LogP contribution is 2.47. The van der Waals surface area contributed by atoms with Crippen LogP contribution in [0.25, 0.3) is 0 Å². The van der Waals surface area contributed by atoms with Gasteiger partial charge in [0.25, 0.3) is 0 Å². The molecule has 0 saturated carbocycles. The molecule has 0 aliphatic carbocycles. The largest absolute Gasteiger partial charge is 0.393 e. The Labute approximate surface area is 155 Å². The number of rotatable bonds is 4. The first-order chi connectivity index (χ1) is 12.2. The number of nitrogens with zero attached hydrogens (tertiary/aromatic N) is 2. The lowest BCUT2D eigenvalue weighted by atomic mass is 9.67. The molecule has 1 heterocycles. The normalized spacial score (nSPS) is 23.8. The maximum atomic E-state index is 14.6. The lowest BCUT2D eigenvalue weighted by Crippen LogP contribution is -2.58. The summed E-state index contributed by atoms with van der Waals surface area (Å²) in [5.74, 6) is -2.57. The third kappa shape index (κ3) is 3.59. The smallest absolute Gasteiger partial charge is 0.384 e. The van der Waals surface area contributed by atoms with Crippen LogP contribution in [0.4, 0.5) is 23.2 Å². The highest BCUT2D eigenvalue weighted by Gasteiger charge is 2.53. The van der Waals surface area contributed by atoms with Crippen LogP contribution in [-0.2, 0) is 10.3 Å². The van der Waals surface area contributed by atoms with Crippen molar-refractivity contribution in [2.24, 2.45) is 22.1 Å². The average molecular weight is 388 g/mol. The predicted molar refractivity (Wildman–Crippen MR) is 95.6 cm³/mol. The molecule has 27 heavy (non-hydrogen) atoms. The third-order valence-electron chi connectivity index (χ3n) is 5.40. The maximum Gasteiger partial charge on any atom is 0.393 e. The molecular formula is C18H24F4N4O. The lowest BCUT2D eigenvalue weighted by molar-refractivity contribution is -0.165. The number of nitrogens with one attached hydrogen (secondary N) is 1. The van der Waals surface area contributed by atoms with Gasteiger partial charge in [-0.25, -0.2) is 9.38 Å². The van der Waals surface area contributed by atoms with E-state index in [9.17, 15) is 22.4 Å². The fourth-order valence-corrected chi connectivity index (χ4v) is 2.97. The number of hydrogen-bond acceptors (Lipinski definition) is 4. The monoisotopic (exact) mass is 388 g/mol. The van der Waals surface area contributed by atoms with Crippen LogP contribution in [0.15, 0.2) is 23.2 Å². The molecular weight excluding hydrogens is 364 g/mol. The van der Waals surface area contributed by atoms with Gasteiger partial charge in [0.2, 0.25) is 5.91 Å². The maximum absolute atomic E-state index is 14.6. The van der Waals surface area contributed by atoms with Gasteiger partial charge in [-0.3, -0.25) is 9.69 Å². The Morgan fingerprint density at radius 1 is 1.30 bits per heavy atom. The van der Waals surface area contributed by atoms with Crippen LogP contribution >= 0.6 is 0 Å². The van der Waals surface area contributed by atoms with Crippen molar-refractivity contribution in [3.05, 3.63) is 29.6 Å². The molecule has 5 nitrogen and oxygen atoms in total. The van der Waals surface area contributed by atoms with Gasteiger partial charge in [0.15, 0.2) is 5.96 Å². The molecule has 0 fully saturated rings. The van der Waals surface area contributed by atoms with Gasteiger partial charge in [0.05, 0.1) is 11.3 Å². The molecule has 9 heteroatoms. The molecule has 1 amide bonds. The number of amides is 1.